The molecule has 6 rings (SSSR count). The van der Waals surface area contributed by atoms with Gasteiger partial charge >= 0.3 is 0 Å². The number of hydrogen-bond donors (Lipinski definition) is 1. The smallest absolute Gasteiger partial charge is 0.266 e. The standard InChI is InChI=1S/C21H27N3O4S/c1-27-17-3-4-19(18(10-17)28-2)29(25,26)23-20-5-6-24(22-20)21-11-14-7-15(12-21)9-16(8-14)13-21/h3-6,10,14-16H,7-9,11-13H2,1-2H3,(H,22,23). The largest absolute Gasteiger partial charge is 0.497 e. The van der Waals surface area contributed by atoms with Gasteiger partial charge in [-0.3, -0.25) is 9.40 Å². The van der Waals surface area contributed by atoms with E-state index in [1.165, 1.54) is 58.8 Å². The van der Waals surface area contributed by atoms with Crippen LogP contribution < -0.4 is 14.2 Å². The molecule has 4 bridgehead atoms. The summed E-state index contributed by atoms with van der Waals surface area (Å²) in [6.45, 7) is 0. The fraction of sp³-hybridized carbons (Fsp3) is 0.571. The van der Waals surface area contributed by atoms with Gasteiger partial charge < -0.3 is 9.47 Å². The summed E-state index contributed by atoms with van der Waals surface area (Å²) in [5.74, 6) is 3.51. The van der Waals surface area contributed by atoms with E-state index in [9.17, 15) is 8.42 Å². The van der Waals surface area contributed by atoms with E-state index >= 15 is 0 Å². The molecule has 156 valence electrons. The number of anilines is 1. The molecule has 1 aromatic carbocycles. The van der Waals surface area contributed by atoms with Crippen molar-refractivity contribution in [2.24, 2.45) is 17.8 Å². The fourth-order valence-electron chi connectivity index (χ4n) is 6.18. The summed E-state index contributed by atoms with van der Waals surface area (Å²) in [4.78, 5) is 0.0603. The van der Waals surface area contributed by atoms with Crippen molar-refractivity contribution in [3.05, 3.63) is 30.5 Å². The summed E-state index contributed by atoms with van der Waals surface area (Å²) in [6.07, 6.45) is 9.51. The SMILES string of the molecule is COc1ccc(S(=O)(=O)Nc2ccn(C34CC5CC(CC(C5)C3)C4)n2)c(OC)c1. The Morgan fingerprint density at radius 3 is 2.28 bits per heavy atom. The van der Waals surface area contributed by atoms with Gasteiger partial charge in [0.2, 0.25) is 0 Å². The lowest BCUT2D eigenvalue weighted by Crippen LogP contribution is -2.52. The Kier molecular flexibility index (Phi) is 4.31. The second kappa shape index (κ2) is 6.65. The predicted octanol–water partition coefficient (Wildman–Crippen LogP) is 3.63. The minimum Gasteiger partial charge on any atom is -0.497 e. The third kappa shape index (κ3) is 3.17. The molecule has 0 spiro atoms. The van der Waals surface area contributed by atoms with E-state index in [1.807, 2.05) is 10.9 Å². The lowest BCUT2D eigenvalue weighted by molar-refractivity contribution is -0.0492. The minimum absolute atomic E-state index is 0.0603. The summed E-state index contributed by atoms with van der Waals surface area (Å²) in [7, 11) is -0.864. The van der Waals surface area contributed by atoms with E-state index in [1.54, 1.807) is 18.2 Å². The van der Waals surface area contributed by atoms with E-state index in [4.69, 9.17) is 9.47 Å². The first-order valence-electron chi connectivity index (χ1n) is 10.2. The average Bonchev–Trinajstić information content (AvgIpc) is 3.15. The van der Waals surface area contributed by atoms with E-state index in [0.29, 0.717) is 11.6 Å². The van der Waals surface area contributed by atoms with Crippen molar-refractivity contribution in [2.45, 2.75) is 49.0 Å². The number of ether oxygens (including phenoxy) is 2. The summed E-state index contributed by atoms with van der Waals surface area (Å²) < 4.78 is 41.0. The molecule has 1 heterocycles. The molecule has 0 amide bonds. The van der Waals surface area contributed by atoms with Crippen LogP contribution in [0, 0.1) is 17.8 Å². The van der Waals surface area contributed by atoms with Crippen LogP contribution in [0.1, 0.15) is 38.5 Å². The van der Waals surface area contributed by atoms with Crippen molar-refractivity contribution in [2.75, 3.05) is 18.9 Å². The highest BCUT2D eigenvalue weighted by atomic mass is 32.2. The third-order valence-electron chi connectivity index (χ3n) is 6.98. The van der Waals surface area contributed by atoms with Crippen LogP contribution in [0.15, 0.2) is 35.4 Å². The van der Waals surface area contributed by atoms with Crippen molar-refractivity contribution in [1.29, 1.82) is 0 Å². The number of aromatic nitrogens is 2. The summed E-state index contributed by atoms with van der Waals surface area (Å²) in [5, 5.41) is 4.66. The van der Waals surface area contributed by atoms with E-state index in [0.717, 1.165) is 17.8 Å². The van der Waals surface area contributed by atoms with Crippen molar-refractivity contribution in [3.8, 4) is 11.5 Å². The second-order valence-corrected chi connectivity index (χ2v) is 10.6. The molecule has 4 aliphatic rings. The number of methoxy groups -OCH3 is 2. The van der Waals surface area contributed by atoms with Crippen LogP contribution in [0.25, 0.3) is 0 Å². The van der Waals surface area contributed by atoms with Crippen molar-refractivity contribution in [1.82, 2.24) is 9.78 Å². The van der Waals surface area contributed by atoms with Gasteiger partial charge in [0.05, 0.1) is 19.8 Å². The van der Waals surface area contributed by atoms with Crippen molar-refractivity contribution in [3.63, 3.8) is 0 Å². The molecular weight excluding hydrogens is 390 g/mol. The fourth-order valence-corrected chi connectivity index (χ4v) is 7.33. The monoisotopic (exact) mass is 417 g/mol. The van der Waals surface area contributed by atoms with Gasteiger partial charge in [-0.15, -0.1) is 0 Å². The third-order valence-corrected chi connectivity index (χ3v) is 8.37. The first-order chi connectivity index (χ1) is 13.9. The van der Waals surface area contributed by atoms with Crippen LogP contribution in [0.2, 0.25) is 0 Å². The van der Waals surface area contributed by atoms with Crippen LogP contribution in [0.3, 0.4) is 0 Å². The zero-order valence-electron chi connectivity index (χ0n) is 16.8. The Balaban J connectivity index is 1.41. The molecule has 29 heavy (non-hydrogen) atoms. The van der Waals surface area contributed by atoms with E-state index in [-0.39, 0.29) is 16.2 Å². The number of nitrogens with zero attached hydrogens (tertiary/aromatic N) is 2. The topological polar surface area (TPSA) is 82.5 Å². The van der Waals surface area contributed by atoms with Crippen molar-refractivity contribution < 1.29 is 17.9 Å². The first-order valence-corrected chi connectivity index (χ1v) is 11.7. The molecule has 0 aliphatic heterocycles. The maximum Gasteiger partial charge on any atom is 0.266 e. The van der Waals surface area contributed by atoms with Crippen LogP contribution in [0.4, 0.5) is 5.82 Å². The zero-order valence-corrected chi connectivity index (χ0v) is 17.6. The summed E-state index contributed by atoms with van der Waals surface area (Å²) in [6, 6.07) is 6.40. The van der Waals surface area contributed by atoms with E-state index in [2.05, 4.69) is 9.82 Å². The zero-order chi connectivity index (χ0) is 20.2. The number of nitrogens with one attached hydrogen (secondary N) is 1. The van der Waals surface area contributed by atoms with Crippen LogP contribution in [-0.2, 0) is 15.6 Å². The molecule has 1 aromatic heterocycles. The van der Waals surface area contributed by atoms with Crippen molar-refractivity contribution >= 4 is 15.8 Å². The van der Waals surface area contributed by atoms with Gasteiger partial charge in [0.15, 0.2) is 5.82 Å². The molecule has 0 saturated heterocycles. The van der Waals surface area contributed by atoms with Gasteiger partial charge in [0.25, 0.3) is 10.0 Å². The van der Waals surface area contributed by atoms with Gasteiger partial charge in [-0.1, -0.05) is 0 Å². The van der Waals surface area contributed by atoms with Gasteiger partial charge in [-0.25, -0.2) is 8.42 Å². The second-order valence-electron chi connectivity index (χ2n) is 8.91. The van der Waals surface area contributed by atoms with Crippen LogP contribution >= 0.6 is 0 Å². The Bertz CT molecular complexity index is 995. The highest BCUT2D eigenvalue weighted by molar-refractivity contribution is 7.92. The van der Waals surface area contributed by atoms with Gasteiger partial charge in [0, 0.05) is 18.3 Å². The average molecular weight is 418 g/mol. The lowest BCUT2D eigenvalue weighted by Gasteiger charge is -2.56. The molecule has 0 atom stereocenters. The normalized spacial score (nSPS) is 30.3. The highest BCUT2D eigenvalue weighted by Gasteiger charge is 2.52. The molecule has 2 aromatic rings. The van der Waals surface area contributed by atoms with E-state index < -0.39 is 10.0 Å². The maximum absolute atomic E-state index is 13.0. The molecule has 0 unspecified atom stereocenters. The molecule has 4 saturated carbocycles. The quantitative estimate of drug-likeness (QED) is 0.776. The lowest BCUT2D eigenvalue weighted by atomic mass is 9.53. The maximum atomic E-state index is 13.0. The first kappa shape index (κ1) is 18.8. The number of hydrogen-bond acceptors (Lipinski definition) is 5. The molecule has 1 N–H and O–H groups in total. The predicted molar refractivity (Wildman–Crippen MR) is 109 cm³/mol. The Morgan fingerprint density at radius 2 is 1.69 bits per heavy atom. The molecule has 7 nitrogen and oxygen atoms in total. The Hall–Kier alpha value is -2.22. The Morgan fingerprint density at radius 1 is 1.03 bits per heavy atom. The van der Waals surface area contributed by atoms with Gasteiger partial charge in [-0.05, 0) is 68.4 Å². The molecule has 4 fully saturated rings. The minimum atomic E-state index is -3.83. The molecule has 4 aliphatic carbocycles. The summed E-state index contributed by atoms with van der Waals surface area (Å²) in [5.41, 5.74) is 0.0657. The van der Waals surface area contributed by atoms with Crippen LogP contribution in [0.5, 0.6) is 11.5 Å². The van der Waals surface area contributed by atoms with Gasteiger partial charge in [-0.2, -0.15) is 5.10 Å². The number of rotatable bonds is 6. The number of benzene rings is 1. The van der Waals surface area contributed by atoms with Gasteiger partial charge in [0.1, 0.15) is 16.4 Å². The number of sulfonamides is 1. The molecule has 8 heteroatoms. The summed E-state index contributed by atoms with van der Waals surface area (Å²) >= 11 is 0. The molecular formula is C21H27N3O4S. The highest BCUT2D eigenvalue weighted by Crippen LogP contribution is 2.58. The Labute approximate surface area is 171 Å². The molecule has 0 radical (unpaired) electrons. The van der Waals surface area contributed by atoms with Crippen LogP contribution in [-0.4, -0.2) is 32.4 Å².